The number of anilines is 1. The van der Waals surface area contributed by atoms with Gasteiger partial charge in [0.05, 0.1) is 27.5 Å². The fraction of sp³-hybridized carbons (Fsp3) is 0.533. The molecule has 4 heteroatoms. The molecule has 0 saturated heterocycles. The average molecular weight is 368 g/mol. The first-order valence-electron chi connectivity index (χ1n) is 6.79. The number of ether oxygens (including phenoxy) is 1. The van der Waals surface area contributed by atoms with Crippen LogP contribution in [0.5, 0.6) is 5.75 Å². The summed E-state index contributed by atoms with van der Waals surface area (Å²) < 4.78 is 6.89. The lowest BCUT2D eigenvalue weighted by atomic mass is 9.89. The number of benzene rings is 1. The van der Waals surface area contributed by atoms with E-state index in [1.165, 1.54) is 25.7 Å². The third-order valence-corrected chi connectivity index (χ3v) is 5.33. The van der Waals surface area contributed by atoms with Gasteiger partial charge in [0.25, 0.3) is 0 Å². The summed E-state index contributed by atoms with van der Waals surface area (Å²) in [6.45, 7) is 0.771. The summed E-state index contributed by atoms with van der Waals surface area (Å²) in [6, 6.07) is 5.63. The van der Waals surface area contributed by atoms with Crippen LogP contribution in [0.15, 0.2) is 12.1 Å². The van der Waals surface area contributed by atoms with E-state index < -0.39 is 0 Å². The Bertz CT molecular complexity index is 514. The molecule has 0 radical (unpaired) electrons. The molecule has 0 aliphatic heterocycles. The minimum atomic E-state index is 0.576. The van der Waals surface area contributed by atoms with E-state index in [0.29, 0.717) is 17.2 Å². The maximum atomic E-state index is 8.90. The highest BCUT2D eigenvalue weighted by atomic mass is 127. The van der Waals surface area contributed by atoms with Crippen LogP contribution >= 0.6 is 22.6 Å². The number of hydrogen-bond acceptors (Lipinski definition) is 3. The highest BCUT2D eigenvalue weighted by Gasteiger charge is 2.39. The Morgan fingerprint density at radius 1 is 1.37 bits per heavy atom. The van der Waals surface area contributed by atoms with Gasteiger partial charge in [-0.3, -0.25) is 0 Å². The van der Waals surface area contributed by atoms with Crippen molar-refractivity contribution in [3.63, 3.8) is 0 Å². The third-order valence-electron chi connectivity index (χ3n) is 4.53. The smallest absolute Gasteiger partial charge is 0.155 e. The number of hydrogen-bond donors (Lipinski definition) is 1. The van der Waals surface area contributed by atoms with Crippen molar-refractivity contribution in [1.82, 2.24) is 0 Å². The first-order valence-corrected chi connectivity index (χ1v) is 7.87. The van der Waals surface area contributed by atoms with Crippen molar-refractivity contribution in [2.45, 2.75) is 25.7 Å². The number of nitrogens with zero attached hydrogens (tertiary/aromatic N) is 1. The van der Waals surface area contributed by atoms with Gasteiger partial charge in [0.2, 0.25) is 0 Å². The fourth-order valence-corrected chi connectivity index (χ4v) is 4.41. The highest BCUT2D eigenvalue weighted by Crippen LogP contribution is 2.48. The molecule has 1 aromatic carbocycles. The maximum Gasteiger partial charge on any atom is 0.155 e. The molecule has 3 rings (SSSR count). The van der Waals surface area contributed by atoms with Gasteiger partial charge in [0.1, 0.15) is 0 Å². The van der Waals surface area contributed by atoms with Gasteiger partial charge < -0.3 is 10.5 Å². The molecular weight excluding hydrogens is 351 g/mol. The predicted octanol–water partition coefficient (Wildman–Crippen LogP) is 3.56. The Balaban J connectivity index is 1.69. The zero-order valence-electron chi connectivity index (χ0n) is 10.7. The zero-order chi connectivity index (χ0) is 13.4. The first-order chi connectivity index (χ1) is 9.17. The molecule has 3 atom stereocenters. The van der Waals surface area contributed by atoms with Gasteiger partial charge in [-0.2, -0.15) is 5.26 Å². The SMILES string of the molecule is N#Cc1cc(N)c(OCC2CC3CCC2C3)c(I)c1. The van der Waals surface area contributed by atoms with Crippen molar-refractivity contribution in [3.05, 3.63) is 21.3 Å². The van der Waals surface area contributed by atoms with Crippen LogP contribution in [0.25, 0.3) is 0 Å². The van der Waals surface area contributed by atoms with Crippen molar-refractivity contribution in [3.8, 4) is 11.8 Å². The van der Waals surface area contributed by atoms with Crippen LogP contribution in [0.2, 0.25) is 0 Å². The Morgan fingerprint density at radius 2 is 2.21 bits per heavy atom. The molecule has 3 unspecified atom stereocenters. The minimum Gasteiger partial charge on any atom is -0.490 e. The van der Waals surface area contributed by atoms with Crippen LogP contribution in [0, 0.1) is 32.7 Å². The van der Waals surface area contributed by atoms with Crippen LogP contribution in [0.4, 0.5) is 5.69 Å². The Labute approximate surface area is 127 Å². The van der Waals surface area contributed by atoms with Crippen LogP contribution in [-0.2, 0) is 0 Å². The number of nitrogen functional groups attached to an aromatic ring is 1. The van der Waals surface area contributed by atoms with E-state index in [-0.39, 0.29) is 0 Å². The molecule has 0 aromatic heterocycles. The molecule has 0 heterocycles. The van der Waals surface area contributed by atoms with E-state index >= 15 is 0 Å². The summed E-state index contributed by atoms with van der Waals surface area (Å²) in [7, 11) is 0. The van der Waals surface area contributed by atoms with Crippen LogP contribution in [-0.4, -0.2) is 6.61 Å². The molecule has 1 aromatic rings. The van der Waals surface area contributed by atoms with E-state index in [1.807, 2.05) is 6.07 Å². The normalized spacial score (nSPS) is 28.3. The van der Waals surface area contributed by atoms with E-state index in [4.69, 9.17) is 15.7 Å². The maximum absolute atomic E-state index is 8.90. The van der Waals surface area contributed by atoms with Gasteiger partial charge in [-0.15, -0.1) is 0 Å². The lowest BCUT2D eigenvalue weighted by Crippen LogP contribution is -2.19. The summed E-state index contributed by atoms with van der Waals surface area (Å²) in [6.07, 6.45) is 5.50. The van der Waals surface area contributed by atoms with E-state index in [9.17, 15) is 0 Å². The summed E-state index contributed by atoms with van der Waals surface area (Å²) in [5.41, 5.74) is 7.14. The van der Waals surface area contributed by atoms with Crippen LogP contribution in [0.1, 0.15) is 31.2 Å². The van der Waals surface area contributed by atoms with Crippen molar-refractivity contribution in [2.75, 3.05) is 12.3 Å². The molecule has 2 N–H and O–H groups in total. The van der Waals surface area contributed by atoms with Gasteiger partial charge in [0.15, 0.2) is 5.75 Å². The fourth-order valence-electron chi connectivity index (χ4n) is 3.60. The Hall–Kier alpha value is -0.960. The second-order valence-corrected chi connectivity index (χ2v) is 6.90. The van der Waals surface area contributed by atoms with Crippen molar-refractivity contribution >= 4 is 28.3 Å². The van der Waals surface area contributed by atoms with Gasteiger partial charge >= 0.3 is 0 Å². The van der Waals surface area contributed by atoms with E-state index in [0.717, 1.165) is 27.8 Å². The molecule has 2 fully saturated rings. The van der Waals surface area contributed by atoms with Crippen molar-refractivity contribution < 1.29 is 4.74 Å². The molecule has 2 aliphatic rings. The number of rotatable bonds is 3. The van der Waals surface area contributed by atoms with Crippen molar-refractivity contribution in [1.29, 1.82) is 5.26 Å². The van der Waals surface area contributed by atoms with Gasteiger partial charge in [0, 0.05) is 0 Å². The van der Waals surface area contributed by atoms with E-state index in [1.54, 1.807) is 6.07 Å². The molecule has 2 aliphatic carbocycles. The number of fused-ring (bicyclic) bond motifs is 2. The summed E-state index contributed by atoms with van der Waals surface area (Å²) in [4.78, 5) is 0. The molecule has 2 saturated carbocycles. The summed E-state index contributed by atoms with van der Waals surface area (Å²) in [5, 5.41) is 8.90. The van der Waals surface area contributed by atoms with Crippen LogP contribution in [0.3, 0.4) is 0 Å². The second kappa shape index (κ2) is 5.20. The number of nitrogens with two attached hydrogens (primary N) is 1. The standard InChI is InChI=1S/C15H17IN2O/c16-13-5-10(7-17)6-14(18)15(13)19-8-12-4-9-1-2-11(12)3-9/h5-6,9,11-12H,1-4,8,18H2. The number of halogens is 1. The van der Waals surface area contributed by atoms with E-state index in [2.05, 4.69) is 28.7 Å². The lowest BCUT2D eigenvalue weighted by Gasteiger charge is -2.22. The van der Waals surface area contributed by atoms with Gasteiger partial charge in [-0.05, 0) is 71.7 Å². The number of nitriles is 1. The Morgan fingerprint density at radius 3 is 2.79 bits per heavy atom. The predicted molar refractivity (Wildman–Crippen MR) is 82.7 cm³/mol. The summed E-state index contributed by atoms with van der Waals surface area (Å²) in [5.74, 6) is 3.25. The topological polar surface area (TPSA) is 59.0 Å². The average Bonchev–Trinajstić information content (AvgIpc) is 2.99. The highest BCUT2D eigenvalue weighted by molar-refractivity contribution is 14.1. The largest absolute Gasteiger partial charge is 0.490 e. The first kappa shape index (κ1) is 13.0. The molecule has 0 spiro atoms. The lowest BCUT2D eigenvalue weighted by molar-refractivity contribution is 0.195. The quantitative estimate of drug-likeness (QED) is 0.656. The minimum absolute atomic E-state index is 0.576. The molecule has 19 heavy (non-hydrogen) atoms. The molecule has 0 amide bonds. The van der Waals surface area contributed by atoms with Crippen molar-refractivity contribution in [2.24, 2.45) is 17.8 Å². The second-order valence-electron chi connectivity index (χ2n) is 5.73. The van der Waals surface area contributed by atoms with Gasteiger partial charge in [-0.1, -0.05) is 6.42 Å². The Kier molecular flexibility index (Phi) is 3.57. The molecule has 3 nitrogen and oxygen atoms in total. The summed E-state index contributed by atoms with van der Waals surface area (Å²) >= 11 is 2.19. The molecular formula is C15H17IN2O. The van der Waals surface area contributed by atoms with Gasteiger partial charge in [-0.25, -0.2) is 0 Å². The molecule has 2 bridgehead atoms. The molecule has 100 valence electrons. The monoisotopic (exact) mass is 368 g/mol. The zero-order valence-corrected chi connectivity index (χ0v) is 12.9. The third kappa shape index (κ3) is 2.53. The van der Waals surface area contributed by atoms with Crippen LogP contribution < -0.4 is 10.5 Å².